The van der Waals surface area contributed by atoms with Crippen LogP contribution < -0.4 is 9.97 Å². The van der Waals surface area contributed by atoms with Gasteiger partial charge in [0.1, 0.15) is 0 Å². The van der Waals surface area contributed by atoms with Crippen LogP contribution in [0.2, 0.25) is 0 Å². The number of benzene rings is 4. The Morgan fingerprint density at radius 2 is 0.840 bits per heavy atom. The monoisotopic (exact) mass is 710 g/mol. The van der Waals surface area contributed by atoms with Crippen molar-refractivity contribution >= 4 is 61.2 Å². The summed E-state index contributed by atoms with van der Waals surface area (Å²) in [4.78, 5) is 70.6. The van der Waals surface area contributed by atoms with E-state index in [-0.39, 0.29) is 57.0 Å². The summed E-state index contributed by atoms with van der Waals surface area (Å²) in [7, 11) is 0. The Morgan fingerprint density at radius 3 is 1.26 bits per heavy atom. The van der Waals surface area contributed by atoms with Crippen molar-refractivity contribution in [3.63, 3.8) is 0 Å². The summed E-state index contributed by atoms with van der Waals surface area (Å²) in [6.07, 6.45) is 0. The number of nitrogens with zero attached hydrogens (tertiary/aromatic N) is 11. The molecule has 1 radical (unpaired) electrons. The molecule has 0 spiro atoms. The first kappa shape index (κ1) is 30.3. The van der Waals surface area contributed by atoms with Gasteiger partial charge in [0.2, 0.25) is 0 Å². The average molecular weight is 711 g/mol. The van der Waals surface area contributed by atoms with Crippen molar-refractivity contribution in [2.24, 2.45) is 0 Å². The molecule has 0 aliphatic carbocycles. The van der Waals surface area contributed by atoms with Crippen LogP contribution in [0.5, 0.6) is 0 Å². The van der Waals surface area contributed by atoms with Crippen LogP contribution >= 0.6 is 0 Å². The number of rotatable bonds is 3. The second kappa shape index (κ2) is 11.0. The van der Waals surface area contributed by atoms with Crippen molar-refractivity contribution in [1.82, 2.24) is 39.9 Å². The molecular weight excluding hydrogens is 698 g/mol. The van der Waals surface area contributed by atoms with Gasteiger partial charge >= 0.3 is 34.1 Å². The minimum absolute atomic E-state index is 0. The maximum Gasteiger partial charge on any atom is 2.00 e. The minimum atomic E-state index is -1.32. The predicted octanol–water partition coefficient (Wildman–Crippen LogP) is 5.85. The third-order valence-electron chi connectivity index (χ3n) is 8.20. The van der Waals surface area contributed by atoms with Gasteiger partial charge in [-0.3, -0.25) is 30.3 Å². The van der Waals surface area contributed by atoms with E-state index in [1.54, 1.807) is 48.5 Å². The molecule has 2 aliphatic heterocycles. The fraction of sp³-hybridized carbons (Fsp3) is 0. The molecule has 2 aliphatic rings. The fourth-order valence-corrected chi connectivity index (χ4v) is 6.12. The molecule has 8 bridgehead atoms. The summed E-state index contributed by atoms with van der Waals surface area (Å²) in [5.41, 5.74) is -1.32. The molecule has 5 heterocycles. The topological polar surface area (TPSA) is 235 Å². The van der Waals surface area contributed by atoms with Crippen LogP contribution in [0.4, 0.5) is 17.1 Å². The van der Waals surface area contributed by atoms with Gasteiger partial charge in [0.25, 0.3) is 0 Å². The van der Waals surface area contributed by atoms with Gasteiger partial charge in [-0.1, -0.05) is 72.8 Å². The van der Waals surface area contributed by atoms with Gasteiger partial charge in [-0.25, -0.2) is 9.97 Å². The van der Waals surface area contributed by atoms with Crippen LogP contribution in [-0.4, -0.2) is 44.7 Å². The Balaban J connectivity index is 0.00000361. The first-order chi connectivity index (χ1) is 23.8. The number of hydrogen-bond acceptors (Lipinski definition) is 12. The number of nitro groups is 3. The van der Waals surface area contributed by atoms with Crippen molar-refractivity contribution in [3.8, 4) is 45.6 Å². The molecule has 9 rings (SSSR count). The van der Waals surface area contributed by atoms with Crippen LogP contribution in [0.25, 0.3) is 89.7 Å². The largest absolute Gasteiger partial charge is 2.00 e. The number of fused-ring (bicyclic) bond motifs is 20. The maximum atomic E-state index is 12.5. The number of aromatic nitrogens is 8. The smallest absolute Gasteiger partial charge is 0.357 e. The Hall–Kier alpha value is -7.04. The molecule has 3 aromatic heterocycles. The van der Waals surface area contributed by atoms with Crippen LogP contribution in [0.3, 0.4) is 0 Å². The molecule has 0 saturated heterocycles. The van der Waals surface area contributed by atoms with E-state index in [9.17, 15) is 30.3 Å². The van der Waals surface area contributed by atoms with E-state index >= 15 is 0 Å². The standard InChI is InChI=1S/C32H13N11O6.Cu/c44-41(45)21-13-20-22(24(43(48)49)23(21)42(46)47)32-39-30-19-12-6-5-11-18(19)28(37-30)35-26-15-8-2-1-7-14(15)25(33-26)34-27-16-9-3-4-10-17(16)29(36-27)38-31(20)40-32;/h1-13H;/q-2;+2. The number of nitro benzene ring substituents is 3. The Kier molecular flexibility index (Phi) is 6.67. The summed E-state index contributed by atoms with van der Waals surface area (Å²) in [5.74, 6) is 0.620. The second-order valence-electron chi connectivity index (χ2n) is 10.9. The van der Waals surface area contributed by atoms with Gasteiger partial charge in [0.15, 0.2) is 0 Å². The van der Waals surface area contributed by atoms with Crippen molar-refractivity contribution in [2.45, 2.75) is 0 Å². The third kappa shape index (κ3) is 4.40. The molecular formula is C32H13CuN11O6. The van der Waals surface area contributed by atoms with Gasteiger partial charge < -0.3 is 29.9 Å². The van der Waals surface area contributed by atoms with E-state index in [1.165, 1.54) is 0 Å². The van der Waals surface area contributed by atoms with Gasteiger partial charge in [-0.15, -0.1) is 0 Å². The molecule has 4 aromatic carbocycles. The predicted molar refractivity (Wildman–Crippen MR) is 174 cm³/mol. The average Bonchev–Trinajstić information content (AvgIpc) is 3.83. The fourth-order valence-electron chi connectivity index (χ4n) is 6.12. The molecule has 7 aromatic rings. The molecule has 0 atom stereocenters. The van der Waals surface area contributed by atoms with E-state index in [1.807, 2.05) is 24.3 Å². The Morgan fingerprint density at radius 1 is 0.460 bits per heavy atom. The summed E-state index contributed by atoms with van der Waals surface area (Å²) in [6.45, 7) is 0. The summed E-state index contributed by atoms with van der Waals surface area (Å²) < 4.78 is 0. The zero-order valence-electron chi connectivity index (χ0n) is 24.7. The molecule has 243 valence electrons. The molecule has 17 nitrogen and oxygen atoms in total. The molecule has 0 N–H and O–H groups in total. The molecule has 0 fully saturated rings. The zero-order valence-corrected chi connectivity index (χ0v) is 25.6. The first-order valence-electron chi connectivity index (χ1n) is 14.4. The third-order valence-corrected chi connectivity index (χ3v) is 8.20. The van der Waals surface area contributed by atoms with E-state index in [4.69, 9.17) is 15.0 Å². The summed E-state index contributed by atoms with van der Waals surface area (Å²) >= 11 is 0. The van der Waals surface area contributed by atoms with E-state index in [2.05, 4.69) is 24.9 Å². The maximum absolute atomic E-state index is 12.5. The van der Waals surface area contributed by atoms with Gasteiger partial charge in [-0.05, 0) is 10.8 Å². The SMILES string of the molecule is O=[N+]([O-])c1cc2c3nc4nc(nc5[n-]c(nc6nc(nc([n-]3)c2c([N+](=O)[O-])c1[N+](=O)[O-])-c1ccccc1-6)c1ccccc51)-c1ccccc1-4.[Cu+2]. The van der Waals surface area contributed by atoms with Crippen LogP contribution in [0, 0.1) is 30.3 Å². The molecule has 0 unspecified atom stereocenters. The summed E-state index contributed by atoms with van der Waals surface area (Å²) in [6, 6.07) is 22.3. The van der Waals surface area contributed by atoms with E-state index < -0.39 is 37.2 Å². The Labute approximate surface area is 287 Å². The molecule has 18 heteroatoms. The van der Waals surface area contributed by atoms with Crippen molar-refractivity contribution in [1.29, 1.82) is 0 Å². The molecule has 0 amide bonds. The first-order valence-corrected chi connectivity index (χ1v) is 14.4. The quantitative estimate of drug-likeness (QED) is 0.119. The van der Waals surface area contributed by atoms with Gasteiger partial charge in [0.05, 0.1) is 43.5 Å². The van der Waals surface area contributed by atoms with Crippen molar-refractivity contribution in [3.05, 3.63) is 109 Å². The summed E-state index contributed by atoms with van der Waals surface area (Å²) in [5, 5.41) is 37.4. The van der Waals surface area contributed by atoms with Crippen LogP contribution in [0.1, 0.15) is 0 Å². The van der Waals surface area contributed by atoms with Crippen molar-refractivity contribution in [2.75, 3.05) is 0 Å². The normalized spacial score (nSPS) is 11.5. The molecule has 50 heavy (non-hydrogen) atoms. The van der Waals surface area contributed by atoms with E-state index in [0.717, 1.165) is 6.07 Å². The zero-order chi connectivity index (χ0) is 33.6. The van der Waals surface area contributed by atoms with Crippen LogP contribution in [0.15, 0.2) is 78.9 Å². The van der Waals surface area contributed by atoms with Crippen LogP contribution in [-0.2, 0) is 17.1 Å². The van der Waals surface area contributed by atoms with E-state index in [0.29, 0.717) is 44.3 Å². The minimum Gasteiger partial charge on any atom is -0.357 e. The van der Waals surface area contributed by atoms with Gasteiger partial charge in [-0.2, -0.15) is 0 Å². The second-order valence-corrected chi connectivity index (χ2v) is 10.9. The number of hydrogen-bond donors (Lipinski definition) is 0. The molecule has 0 saturated carbocycles. The van der Waals surface area contributed by atoms with Crippen molar-refractivity contribution < 1.29 is 31.8 Å². The Bertz CT molecular complexity index is 2850. The van der Waals surface area contributed by atoms with Gasteiger partial charge in [0, 0.05) is 56.3 Å².